The minimum atomic E-state index is -0.177. The van der Waals surface area contributed by atoms with E-state index in [0.717, 1.165) is 5.75 Å². The smallest absolute Gasteiger partial charge is 0.222 e. The van der Waals surface area contributed by atoms with Crippen LogP contribution in [-0.2, 0) is 12.0 Å². The van der Waals surface area contributed by atoms with Gasteiger partial charge < -0.3 is 14.4 Å². The second-order valence-corrected chi connectivity index (χ2v) is 7.64. The average Bonchev–Trinajstić information content (AvgIpc) is 2.85. The van der Waals surface area contributed by atoms with E-state index in [9.17, 15) is 10.0 Å². The zero-order chi connectivity index (χ0) is 18.9. The summed E-state index contributed by atoms with van der Waals surface area (Å²) in [6.45, 7) is 7.17. The summed E-state index contributed by atoms with van der Waals surface area (Å²) in [4.78, 5) is 11.1. The summed E-state index contributed by atoms with van der Waals surface area (Å²) in [6.07, 6.45) is 0. The second kappa shape index (κ2) is 7.00. The molecule has 3 rings (SSSR count). The molecule has 0 unspecified atom stereocenters. The largest absolute Gasteiger partial charge is 0.493 e. The zero-order valence-corrected chi connectivity index (χ0v) is 15.7. The number of hydrogen-bond acceptors (Lipinski definition) is 4. The van der Waals surface area contributed by atoms with Gasteiger partial charge in [0.25, 0.3) is 0 Å². The van der Waals surface area contributed by atoms with Crippen molar-refractivity contribution in [3.05, 3.63) is 58.0 Å². The maximum Gasteiger partial charge on any atom is 0.222 e. The van der Waals surface area contributed by atoms with Gasteiger partial charge in [-0.1, -0.05) is 44.5 Å². The Labute approximate surface area is 157 Å². The molecule has 6 heteroatoms. The van der Waals surface area contributed by atoms with Gasteiger partial charge in [-0.3, -0.25) is 0 Å². The summed E-state index contributed by atoms with van der Waals surface area (Å²) in [5.74, 6) is 0.574. The summed E-state index contributed by atoms with van der Waals surface area (Å²) in [6, 6.07) is 13.0. The van der Waals surface area contributed by atoms with E-state index in [1.165, 1.54) is 5.56 Å². The van der Waals surface area contributed by atoms with Crippen LogP contribution in [0.15, 0.2) is 47.6 Å². The first-order valence-electron chi connectivity index (χ1n) is 8.38. The molecule has 0 aliphatic rings. The van der Waals surface area contributed by atoms with Crippen LogP contribution in [0, 0.1) is 4.91 Å². The van der Waals surface area contributed by atoms with E-state index in [2.05, 4.69) is 25.9 Å². The molecule has 5 nitrogen and oxygen atoms in total. The molecule has 136 valence electrons. The first-order chi connectivity index (χ1) is 12.3. The molecular weight excluding hydrogens is 352 g/mol. The Kier molecular flexibility index (Phi) is 4.92. The molecule has 0 saturated carbocycles. The normalized spacial score (nSPS) is 11.7. The van der Waals surface area contributed by atoms with Gasteiger partial charge in [0, 0.05) is 10.4 Å². The van der Waals surface area contributed by atoms with Crippen LogP contribution in [0.4, 0.5) is 5.69 Å². The van der Waals surface area contributed by atoms with E-state index in [1.54, 1.807) is 22.8 Å². The van der Waals surface area contributed by atoms with E-state index >= 15 is 0 Å². The lowest BCUT2D eigenvalue weighted by atomic mass is 9.87. The van der Waals surface area contributed by atoms with Crippen LogP contribution >= 0.6 is 11.6 Å². The Hall–Kier alpha value is -2.53. The first kappa shape index (κ1) is 18.3. The number of hydrogen-bond donors (Lipinski definition) is 1. The van der Waals surface area contributed by atoms with E-state index < -0.39 is 0 Å². The van der Waals surface area contributed by atoms with Crippen molar-refractivity contribution >= 4 is 28.2 Å². The van der Waals surface area contributed by atoms with Crippen molar-refractivity contribution in [2.45, 2.75) is 32.7 Å². The fraction of sp³-hybridized carbons (Fsp3) is 0.300. The van der Waals surface area contributed by atoms with Crippen molar-refractivity contribution in [3.8, 4) is 11.6 Å². The highest BCUT2D eigenvalue weighted by atomic mass is 35.5. The molecule has 1 heterocycles. The first-order valence-corrected chi connectivity index (χ1v) is 8.76. The molecule has 0 spiro atoms. The standard InChI is InChI=1S/C20H21ClN2O3/c1-20(2,3)13-4-7-15(8-5-13)26-11-10-23-17-12-14(21)6-9-16(17)18(22-25)19(23)24/h4-9,12,24H,10-11H2,1-3H3. The van der Waals surface area contributed by atoms with E-state index in [4.69, 9.17) is 16.3 Å². The predicted molar refractivity (Wildman–Crippen MR) is 105 cm³/mol. The van der Waals surface area contributed by atoms with Crippen molar-refractivity contribution in [2.75, 3.05) is 6.61 Å². The molecule has 2 aromatic carbocycles. The zero-order valence-electron chi connectivity index (χ0n) is 15.0. The molecule has 0 saturated heterocycles. The fourth-order valence-corrected chi connectivity index (χ4v) is 3.08. The van der Waals surface area contributed by atoms with Crippen LogP contribution in [0.25, 0.3) is 10.9 Å². The number of nitroso groups, excluding NO2 is 1. The van der Waals surface area contributed by atoms with E-state index in [-0.39, 0.29) is 17.0 Å². The van der Waals surface area contributed by atoms with Crippen LogP contribution in [0.5, 0.6) is 11.6 Å². The van der Waals surface area contributed by atoms with Crippen LogP contribution < -0.4 is 4.74 Å². The minimum Gasteiger partial charge on any atom is -0.493 e. The Morgan fingerprint density at radius 2 is 1.85 bits per heavy atom. The van der Waals surface area contributed by atoms with Gasteiger partial charge in [0.05, 0.1) is 12.1 Å². The summed E-state index contributed by atoms with van der Waals surface area (Å²) in [7, 11) is 0. The van der Waals surface area contributed by atoms with Crippen LogP contribution in [0.2, 0.25) is 5.02 Å². The third-order valence-corrected chi connectivity index (χ3v) is 4.60. The second-order valence-electron chi connectivity index (χ2n) is 7.20. The van der Waals surface area contributed by atoms with Crippen molar-refractivity contribution < 1.29 is 9.84 Å². The van der Waals surface area contributed by atoms with Crippen molar-refractivity contribution in [2.24, 2.45) is 5.18 Å². The van der Waals surface area contributed by atoms with Gasteiger partial charge in [-0.05, 0) is 46.5 Å². The number of ether oxygens (including phenoxy) is 1. The SMILES string of the molecule is CC(C)(C)c1ccc(OCCn2c(O)c(N=O)c3ccc(Cl)cc32)cc1. The monoisotopic (exact) mass is 372 g/mol. The number of benzene rings is 2. The van der Waals surface area contributed by atoms with Crippen LogP contribution in [0.3, 0.4) is 0 Å². The number of aromatic hydroxyl groups is 1. The molecular formula is C20H21ClN2O3. The highest BCUT2D eigenvalue weighted by Crippen LogP contribution is 2.39. The molecule has 26 heavy (non-hydrogen) atoms. The average molecular weight is 373 g/mol. The van der Waals surface area contributed by atoms with Gasteiger partial charge in [-0.2, -0.15) is 0 Å². The van der Waals surface area contributed by atoms with Gasteiger partial charge in [0.15, 0.2) is 5.69 Å². The molecule has 0 aliphatic heterocycles. The summed E-state index contributed by atoms with van der Waals surface area (Å²) < 4.78 is 7.37. The molecule has 3 aromatic rings. The lowest BCUT2D eigenvalue weighted by molar-refractivity contribution is 0.290. The number of nitrogens with zero attached hydrogens (tertiary/aromatic N) is 2. The Morgan fingerprint density at radius 1 is 1.15 bits per heavy atom. The summed E-state index contributed by atoms with van der Waals surface area (Å²) in [5, 5.41) is 14.3. The molecule has 1 N–H and O–H groups in total. The van der Waals surface area contributed by atoms with Crippen molar-refractivity contribution in [1.29, 1.82) is 0 Å². The molecule has 1 aromatic heterocycles. The Morgan fingerprint density at radius 3 is 2.46 bits per heavy atom. The van der Waals surface area contributed by atoms with Crippen LogP contribution in [-0.4, -0.2) is 16.3 Å². The van der Waals surface area contributed by atoms with E-state index in [0.29, 0.717) is 29.1 Å². The number of halogens is 1. The Balaban J connectivity index is 1.77. The molecule has 0 amide bonds. The maximum atomic E-state index is 11.1. The molecule has 0 fully saturated rings. The number of fused-ring (bicyclic) bond motifs is 1. The molecule has 0 radical (unpaired) electrons. The highest BCUT2D eigenvalue weighted by molar-refractivity contribution is 6.31. The van der Waals surface area contributed by atoms with Gasteiger partial charge in [-0.15, -0.1) is 4.91 Å². The maximum absolute atomic E-state index is 11.1. The number of rotatable bonds is 5. The van der Waals surface area contributed by atoms with Gasteiger partial charge in [0.1, 0.15) is 12.4 Å². The third kappa shape index (κ3) is 3.53. The highest BCUT2D eigenvalue weighted by Gasteiger charge is 2.18. The predicted octanol–water partition coefficient (Wildman–Crippen LogP) is 5.77. The lowest BCUT2D eigenvalue weighted by Crippen LogP contribution is -2.11. The third-order valence-electron chi connectivity index (χ3n) is 4.37. The molecule has 0 aliphatic carbocycles. The van der Waals surface area contributed by atoms with Gasteiger partial charge in [0.2, 0.25) is 5.88 Å². The van der Waals surface area contributed by atoms with E-state index in [1.807, 2.05) is 24.3 Å². The fourth-order valence-electron chi connectivity index (χ4n) is 2.91. The summed E-state index contributed by atoms with van der Waals surface area (Å²) >= 11 is 6.04. The molecule has 0 atom stereocenters. The number of aromatic nitrogens is 1. The van der Waals surface area contributed by atoms with Gasteiger partial charge in [-0.25, -0.2) is 0 Å². The van der Waals surface area contributed by atoms with Gasteiger partial charge >= 0.3 is 0 Å². The minimum absolute atomic E-state index is 0.0196. The van der Waals surface area contributed by atoms with Crippen molar-refractivity contribution in [3.63, 3.8) is 0 Å². The topological polar surface area (TPSA) is 63.8 Å². The van der Waals surface area contributed by atoms with Crippen molar-refractivity contribution in [1.82, 2.24) is 4.57 Å². The Bertz CT molecular complexity index is 940. The lowest BCUT2D eigenvalue weighted by Gasteiger charge is -2.19. The van der Waals surface area contributed by atoms with Crippen LogP contribution in [0.1, 0.15) is 26.3 Å². The quantitative estimate of drug-likeness (QED) is 0.578. The molecule has 0 bridgehead atoms. The summed E-state index contributed by atoms with van der Waals surface area (Å²) in [5.41, 5.74) is 1.99.